The van der Waals surface area contributed by atoms with Crippen molar-refractivity contribution in [1.29, 1.82) is 0 Å². The third-order valence-corrected chi connectivity index (χ3v) is 7.73. The summed E-state index contributed by atoms with van der Waals surface area (Å²) in [6.45, 7) is 5.46. The summed E-state index contributed by atoms with van der Waals surface area (Å²) in [6.07, 6.45) is 0.852. The summed E-state index contributed by atoms with van der Waals surface area (Å²) in [5.74, 6) is 0.630. The Morgan fingerprint density at radius 2 is 1.85 bits per heavy atom. The van der Waals surface area contributed by atoms with E-state index in [4.69, 9.17) is 16.0 Å². The monoisotopic (exact) mass is 541 g/mol. The number of nitrogens with zero attached hydrogens (tertiary/aromatic N) is 3. The quantitative estimate of drug-likeness (QED) is 0.269. The minimum atomic E-state index is -0.233. The highest BCUT2D eigenvalue weighted by Gasteiger charge is 2.23. The first-order valence-electron chi connectivity index (χ1n) is 12.8. The van der Waals surface area contributed by atoms with E-state index in [-0.39, 0.29) is 12.5 Å². The van der Waals surface area contributed by atoms with Crippen molar-refractivity contribution in [1.82, 2.24) is 19.9 Å². The maximum atomic E-state index is 13.3. The summed E-state index contributed by atoms with van der Waals surface area (Å²) < 4.78 is 7.96. The molecule has 5 aromatic rings. The van der Waals surface area contributed by atoms with E-state index in [9.17, 15) is 9.90 Å². The zero-order chi connectivity index (χ0) is 27.3. The van der Waals surface area contributed by atoms with E-state index in [2.05, 4.69) is 20.6 Å². The van der Waals surface area contributed by atoms with Gasteiger partial charge in [-0.25, -0.2) is 9.97 Å². The lowest BCUT2D eigenvalue weighted by molar-refractivity contribution is 0.101. The Kier molecular flexibility index (Phi) is 6.46. The van der Waals surface area contributed by atoms with Crippen LogP contribution in [0.4, 0.5) is 5.69 Å². The van der Waals surface area contributed by atoms with Gasteiger partial charge < -0.3 is 24.7 Å². The average Bonchev–Trinajstić information content (AvgIpc) is 3.52. The van der Waals surface area contributed by atoms with Crippen LogP contribution in [0.5, 0.6) is 0 Å². The van der Waals surface area contributed by atoms with E-state index in [1.807, 2.05) is 61.9 Å². The van der Waals surface area contributed by atoms with Crippen LogP contribution in [0.2, 0.25) is 5.02 Å². The Morgan fingerprint density at radius 1 is 1.10 bits per heavy atom. The fourth-order valence-corrected chi connectivity index (χ4v) is 5.59. The molecule has 1 aliphatic rings. The van der Waals surface area contributed by atoms with Gasteiger partial charge in [-0.3, -0.25) is 4.79 Å². The number of benzene rings is 3. The van der Waals surface area contributed by atoms with Crippen molar-refractivity contribution in [2.24, 2.45) is 7.05 Å². The molecule has 3 heterocycles. The van der Waals surface area contributed by atoms with Crippen LogP contribution in [-0.4, -0.2) is 32.1 Å². The van der Waals surface area contributed by atoms with E-state index in [0.717, 1.165) is 57.9 Å². The molecule has 0 unspecified atom stereocenters. The Bertz CT molecular complexity index is 1750. The SMILES string of the molecule is Cc1c(NC(=O)c2nc3c(n2C)CCNC3)cccc1-c1cccc(-c2nc3cc(CO)cc(Cl)c3o2)c1C. The molecule has 1 amide bonds. The van der Waals surface area contributed by atoms with Crippen LogP contribution >= 0.6 is 11.6 Å². The first-order valence-corrected chi connectivity index (χ1v) is 13.2. The van der Waals surface area contributed by atoms with Crippen molar-refractivity contribution < 1.29 is 14.3 Å². The Hall–Kier alpha value is -3.98. The molecule has 0 saturated carbocycles. The van der Waals surface area contributed by atoms with E-state index in [0.29, 0.717) is 39.9 Å². The maximum Gasteiger partial charge on any atom is 0.291 e. The van der Waals surface area contributed by atoms with Gasteiger partial charge in [0.15, 0.2) is 11.4 Å². The number of amides is 1. The molecule has 1 aliphatic heterocycles. The number of hydrogen-bond acceptors (Lipinski definition) is 6. The second-order valence-corrected chi connectivity index (χ2v) is 10.2. The molecule has 0 spiro atoms. The number of oxazole rings is 1. The van der Waals surface area contributed by atoms with Crippen LogP contribution in [0.15, 0.2) is 52.9 Å². The van der Waals surface area contributed by atoms with E-state index >= 15 is 0 Å². The Labute approximate surface area is 230 Å². The van der Waals surface area contributed by atoms with Gasteiger partial charge in [-0.2, -0.15) is 0 Å². The topological polar surface area (TPSA) is 105 Å². The molecular weight excluding hydrogens is 514 g/mol. The molecule has 0 radical (unpaired) electrons. The van der Waals surface area contributed by atoms with Crippen molar-refractivity contribution in [3.8, 4) is 22.6 Å². The number of hydrogen-bond donors (Lipinski definition) is 3. The largest absolute Gasteiger partial charge is 0.434 e. The predicted molar refractivity (Wildman–Crippen MR) is 152 cm³/mol. The second-order valence-electron chi connectivity index (χ2n) is 9.83. The van der Waals surface area contributed by atoms with Gasteiger partial charge in [0, 0.05) is 43.5 Å². The summed E-state index contributed by atoms with van der Waals surface area (Å²) in [5.41, 5.74) is 9.28. The zero-order valence-corrected chi connectivity index (χ0v) is 22.7. The first kappa shape index (κ1) is 25.3. The summed E-state index contributed by atoms with van der Waals surface area (Å²) >= 11 is 6.38. The summed E-state index contributed by atoms with van der Waals surface area (Å²) in [5, 5.41) is 16.3. The number of fused-ring (bicyclic) bond motifs is 2. The van der Waals surface area contributed by atoms with Crippen LogP contribution in [0.3, 0.4) is 0 Å². The minimum absolute atomic E-state index is 0.127. The highest BCUT2D eigenvalue weighted by Crippen LogP contribution is 2.37. The minimum Gasteiger partial charge on any atom is -0.434 e. The van der Waals surface area contributed by atoms with Crippen LogP contribution in [0.1, 0.15) is 38.7 Å². The van der Waals surface area contributed by atoms with E-state index < -0.39 is 0 Å². The van der Waals surface area contributed by atoms with Crippen LogP contribution in [0.25, 0.3) is 33.7 Å². The third kappa shape index (κ3) is 4.40. The van der Waals surface area contributed by atoms with Crippen molar-refractivity contribution in [2.75, 3.05) is 11.9 Å². The van der Waals surface area contributed by atoms with Gasteiger partial charge in [-0.05, 0) is 65.9 Å². The van der Waals surface area contributed by atoms with Gasteiger partial charge in [0.05, 0.1) is 17.3 Å². The fraction of sp³-hybridized carbons (Fsp3) is 0.233. The predicted octanol–water partition coefficient (Wildman–Crippen LogP) is 5.56. The molecule has 198 valence electrons. The summed E-state index contributed by atoms with van der Waals surface area (Å²) in [4.78, 5) is 22.5. The van der Waals surface area contributed by atoms with Gasteiger partial charge in [0.2, 0.25) is 5.89 Å². The van der Waals surface area contributed by atoms with E-state index in [1.54, 1.807) is 12.1 Å². The first-order chi connectivity index (χ1) is 18.9. The third-order valence-electron chi connectivity index (χ3n) is 7.45. The lowest BCUT2D eigenvalue weighted by atomic mass is 9.93. The maximum absolute atomic E-state index is 13.3. The standard InChI is InChI=1S/C30H28ClN5O3/c1-16-19(6-4-8-21(16)30-35-24-13-18(15-37)12-22(31)27(24)39-30)20-7-5-9-23(17(20)2)34-29(38)28-33-25-14-32-11-10-26(25)36(28)3/h4-9,12-13,32,37H,10-11,14-15H2,1-3H3,(H,34,38). The number of carbonyl (C=O) groups is 1. The van der Waals surface area contributed by atoms with Gasteiger partial charge in [-0.1, -0.05) is 35.9 Å². The summed E-state index contributed by atoms with van der Waals surface area (Å²) in [6, 6.07) is 15.3. The van der Waals surface area contributed by atoms with Crippen LogP contribution in [0, 0.1) is 13.8 Å². The molecule has 3 aromatic carbocycles. The van der Waals surface area contributed by atoms with Crippen LogP contribution in [-0.2, 0) is 26.6 Å². The molecule has 0 fully saturated rings. The molecule has 0 atom stereocenters. The van der Waals surface area contributed by atoms with Gasteiger partial charge in [-0.15, -0.1) is 0 Å². The normalized spacial score (nSPS) is 13.1. The van der Waals surface area contributed by atoms with E-state index in [1.165, 1.54) is 0 Å². The number of rotatable bonds is 5. The average molecular weight is 542 g/mol. The number of imidazole rings is 1. The van der Waals surface area contributed by atoms with Crippen molar-refractivity contribution in [2.45, 2.75) is 33.4 Å². The number of carbonyl (C=O) groups excluding carboxylic acids is 1. The van der Waals surface area contributed by atoms with Gasteiger partial charge >= 0.3 is 0 Å². The smallest absolute Gasteiger partial charge is 0.291 e. The summed E-state index contributed by atoms with van der Waals surface area (Å²) in [7, 11) is 1.90. The Balaban J connectivity index is 1.35. The van der Waals surface area contributed by atoms with Gasteiger partial charge in [0.25, 0.3) is 5.91 Å². The number of anilines is 1. The molecule has 9 heteroatoms. The Morgan fingerprint density at radius 3 is 2.62 bits per heavy atom. The molecule has 3 N–H and O–H groups in total. The zero-order valence-electron chi connectivity index (χ0n) is 21.9. The van der Waals surface area contributed by atoms with Crippen molar-refractivity contribution >= 4 is 34.3 Å². The number of halogens is 1. The lowest BCUT2D eigenvalue weighted by Crippen LogP contribution is -2.24. The van der Waals surface area contributed by atoms with Crippen molar-refractivity contribution in [3.05, 3.63) is 87.5 Å². The van der Waals surface area contributed by atoms with Crippen LogP contribution < -0.4 is 10.6 Å². The lowest BCUT2D eigenvalue weighted by Gasteiger charge is -2.16. The molecule has 2 aromatic heterocycles. The number of nitrogens with one attached hydrogen (secondary N) is 2. The number of aliphatic hydroxyl groups excluding tert-OH is 1. The molecule has 8 nitrogen and oxygen atoms in total. The van der Waals surface area contributed by atoms with Gasteiger partial charge in [0.1, 0.15) is 5.52 Å². The molecule has 0 aliphatic carbocycles. The second kappa shape index (κ2) is 9.96. The molecular formula is C30H28ClN5O3. The fourth-order valence-electron chi connectivity index (χ4n) is 5.31. The molecule has 6 rings (SSSR count). The highest BCUT2D eigenvalue weighted by molar-refractivity contribution is 6.34. The number of aromatic nitrogens is 3. The molecule has 0 bridgehead atoms. The molecule has 0 saturated heterocycles. The van der Waals surface area contributed by atoms with Crippen molar-refractivity contribution in [3.63, 3.8) is 0 Å². The highest BCUT2D eigenvalue weighted by atomic mass is 35.5. The molecule has 39 heavy (non-hydrogen) atoms. The number of aliphatic hydroxyl groups is 1.